The minimum absolute atomic E-state index is 0.00290. The van der Waals surface area contributed by atoms with Crippen LogP contribution in [0.15, 0.2) is 96.5 Å². The zero-order chi connectivity index (χ0) is 29.1. The maximum atomic E-state index is 11.9. The molecule has 2 fully saturated rings. The van der Waals surface area contributed by atoms with Crippen LogP contribution < -0.4 is 19.4 Å². The standard InChI is InChI=1S/C32H33N7O4/c40-31-18-33-24-39(31)28-8-6-26(7-9-28)36-14-16-37(17-15-36)27-10-12-29(13-11-27)41-19-30-20-42-32(43-30,21-38-23-34-22-35-38)25-4-2-1-3-5-25/h1-13,22-24,30H,14-21H2. The quantitative estimate of drug-likeness (QED) is 0.298. The van der Waals surface area contributed by atoms with Gasteiger partial charge in [-0.05, 0) is 48.5 Å². The number of amides is 1. The second kappa shape index (κ2) is 11.9. The van der Waals surface area contributed by atoms with Crippen LogP contribution in [0, 0.1) is 0 Å². The lowest BCUT2D eigenvalue weighted by Crippen LogP contribution is -2.46. The van der Waals surface area contributed by atoms with Crippen molar-refractivity contribution in [2.24, 2.45) is 4.99 Å². The van der Waals surface area contributed by atoms with Crippen LogP contribution in [0.25, 0.3) is 0 Å². The van der Waals surface area contributed by atoms with Crippen LogP contribution in [-0.2, 0) is 26.6 Å². The minimum atomic E-state index is -0.946. The van der Waals surface area contributed by atoms with Gasteiger partial charge >= 0.3 is 0 Å². The van der Waals surface area contributed by atoms with E-state index in [9.17, 15) is 4.79 Å². The van der Waals surface area contributed by atoms with Crippen molar-refractivity contribution in [3.05, 3.63) is 97.1 Å². The van der Waals surface area contributed by atoms with Crippen molar-refractivity contribution in [3.63, 3.8) is 0 Å². The highest BCUT2D eigenvalue weighted by Gasteiger charge is 2.44. The van der Waals surface area contributed by atoms with Crippen LogP contribution in [0.5, 0.6) is 5.75 Å². The normalized spacial score (nSPS) is 22.0. The van der Waals surface area contributed by atoms with Gasteiger partial charge in [-0.1, -0.05) is 30.3 Å². The van der Waals surface area contributed by atoms with E-state index in [1.807, 2.05) is 54.6 Å². The molecule has 3 aliphatic heterocycles. The summed E-state index contributed by atoms with van der Waals surface area (Å²) in [5.41, 5.74) is 4.12. The first-order chi connectivity index (χ1) is 21.1. The lowest BCUT2D eigenvalue weighted by atomic mass is 10.1. The highest BCUT2D eigenvalue weighted by molar-refractivity contribution is 6.13. The van der Waals surface area contributed by atoms with Crippen LogP contribution in [0.4, 0.5) is 17.1 Å². The Labute approximate surface area is 249 Å². The molecule has 0 N–H and O–H groups in total. The Kier molecular flexibility index (Phi) is 7.48. The number of aliphatic imine (C=N–C) groups is 1. The van der Waals surface area contributed by atoms with Gasteiger partial charge in [-0.15, -0.1) is 0 Å². The Morgan fingerprint density at radius 2 is 1.53 bits per heavy atom. The van der Waals surface area contributed by atoms with E-state index in [2.05, 4.69) is 49.1 Å². The van der Waals surface area contributed by atoms with Crippen LogP contribution in [0.1, 0.15) is 5.56 Å². The van der Waals surface area contributed by atoms with Gasteiger partial charge in [-0.2, -0.15) is 5.10 Å². The molecule has 0 radical (unpaired) electrons. The molecule has 3 aromatic carbocycles. The summed E-state index contributed by atoms with van der Waals surface area (Å²) < 4.78 is 20.6. The van der Waals surface area contributed by atoms with Crippen molar-refractivity contribution in [1.82, 2.24) is 14.8 Å². The minimum Gasteiger partial charge on any atom is -0.491 e. The smallest absolute Gasteiger partial charge is 0.253 e. The molecule has 2 saturated heterocycles. The summed E-state index contributed by atoms with van der Waals surface area (Å²) in [7, 11) is 0. The topological polar surface area (TPSA) is 97.6 Å². The van der Waals surface area contributed by atoms with Crippen molar-refractivity contribution in [2.45, 2.75) is 18.4 Å². The third-order valence-corrected chi connectivity index (χ3v) is 8.01. The van der Waals surface area contributed by atoms with Crippen molar-refractivity contribution in [2.75, 3.05) is 60.6 Å². The molecule has 0 spiro atoms. The molecule has 2 unspecified atom stereocenters. The summed E-state index contributed by atoms with van der Waals surface area (Å²) in [6, 6.07) is 26.3. The molecule has 3 aliphatic rings. The Balaban J connectivity index is 0.914. The monoisotopic (exact) mass is 579 g/mol. The van der Waals surface area contributed by atoms with Gasteiger partial charge in [-0.3, -0.25) is 14.7 Å². The van der Waals surface area contributed by atoms with Crippen molar-refractivity contribution < 1.29 is 19.0 Å². The lowest BCUT2D eigenvalue weighted by molar-refractivity contribution is -0.190. The molecule has 11 nitrogen and oxygen atoms in total. The lowest BCUT2D eigenvalue weighted by Gasteiger charge is -2.37. The van der Waals surface area contributed by atoms with E-state index in [1.54, 1.807) is 22.2 Å². The molecular weight excluding hydrogens is 546 g/mol. The van der Waals surface area contributed by atoms with Gasteiger partial charge < -0.3 is 24.0 Å². The molecule has 0 bridgehead atoms. The second-order valence-corrected chi connectivity index (χ2v) is 10.8. The maximum absolute atomic E-state index is 11.9. The summed E-state index contributed by atoms with van der Waals surface area (Å²) in [4.78, 5) is 26.4. The molecule has 220 valence electrons. The van der Waals surface area contributed by atoms with Gasteiger partial charge in [0.05, 0.1) is 12.9 Å². The SMILES string of the molecule is O=C1CN=CN1c1ccc(N2CCN(c3ccc(OCC4COC(Cn5cncn5)(c5ccccc5)O4)cc3)CC2)cc1. The summed E-state index contributed by atoms with van der Waals surface area (Å²) in [5, 5.41) is 4.25. The third kappa shape index (κ3) is 5.81. The Morgan fingerprint density at radius 1 is 0.860 bits per heavy atom. The van der Waals surface area contributed by atoms with E-state index in [1.165, 1.54) is 12.0 Å². The number of hydrogen-bond acceptors (Lipinski definition) is 9. The fourth-order valence-corrected chi connectivity index (χ4v) is 5.73. The Morgan fingerprint density at radius 3 is 2.16 bits per heavy atom. The Bertz CT molecular complexity index is 1540. The molecule has 1 aromatic heterocycles. The van der Waals surface area contributed by atoms with E-state index in [0.717, 1.165) is 48.9 Å². The molecule has 43 heavy (non-hydrogen) atoms. The maximum Gasteiger partial charge on any atom is 0.253 e. The van der Waals surface area contributed by atoms with E-state index in [4.69, 9.17) is 14.2 Å². The number of hydrogen-bond donors (Lipinski definition) is 0. The third-order valence-electron chi connectivity index (χ3n) is 8.01. The molecule has 0 aliphatic carbocycles. The molecule has 2 atom stereocenters. The number of nitrogens with zero attached hydrogens (tertiary/aromatic N) is 7. The summed E-state index contributed by atoms with van der Waals surface area (Å²) in [6.45, 7) is 5.08. The number of anilines is 3. The average molecular weight is 580 g/mol. The molecular formula is C32H33N7O4. The van der Waals surface area contributed by atoms with Gasteiger partial charge in [0, 0.05) is 48.8 Å². The van der Waals surface area contributed by atoms with Crippen LogP contribution >= 0.6 is 0 Å². The first-order valence-corrected chi connectivity index (χ1v) is 14.5. The van der Waals surface area contributed by atoms with Gasteiger partial charge in [-0.25, -0.2) is 9.67 Å². The predicted octanol–water partition coefficient (Wildman–Crippen LogP) is 3.33. The average Bonchev–Trinajstić information content (AvgIpc) is 3.84. The molecule has 4 aromatic rings. The number of carbonyl (C=O) groups is 1. The zero-order valence-corrected chi connectivity index (χ0v) is 23.7. The molecule has 11 heteroatoms. The largest absolute Gasteiger partial charge is 0.491 e. The van der Waals surface area contributed by atoms with E-state index < -0.39 is 5.79 Å². The first-order valence-electron chi connectivity index (χ1n) is 14.5. The fourth-order valence-electron chi connectivity index (χ4n) is 5.73. The number of rotatable bonds is 9. The molecule has 7 rings (SSSR count). The highest BCUT2D eigenvalue weighted by Crippen LogP contribution is 2.36. The number of benzene rings is 3. The van der Waals surface area contributed by atoms with Crippen molar-refractivity contribution >= 4 is 29.3 Å². The summed E-state index contributed by atoms with van der Waals surface area (Å²) in [6.07, 6.45) is 4.54. The van der Waals surface area contributed by atoms with Crippen molar-refractivity contribution in [1.29, 1.82) is 0 Å². The summed E-state index contributed by atoms with van der Waals surface area (Å²) >= 11 is 0. The van der Waals surface area contributed by atoms with Gasteiger partial charge in [0.2, 0.25) is 5.79 Å². The van der Waals surface area contributed by atoms with Crippen LogP contribution in [-0.4, -0.2) is 79.1 Å². The van der Waals surface area contributed by atoms with E-state index >= 15 is 0 Å². The van der Waals surface area contributed by atoms with Gasteiger partial charge in [0.25, 0.3) is 5.91 Å². The number of ether oxygens (including phenoxy) is 3. The summed E-state index contributed by atoms with van der Waals surface area (Å²) in [5.74, 6) is -0.150. The van der Waals surface area contributed by atoms with Crippen molar-refractivity contribution in [3.8, 4) is 5.75 Å². The van der Waals surface area contributed by atoms with Gasteiger partial charge in [0.15, 0.2) is 0 Å². The number of piperazine rings is 1. The van der Waals surface area contributed by atoms with E-state index in [0.29, 0.717) is 19.8 Å². The van der Waals surface area contributed by atoms with Gasteiger partial charge in [0.1, 0.15) is 44.2 Å². The van der Waals surface area contributed by atoms with Crippen LogP contribution in [0.2, 0.25) is 0 Å². The molecule has 1 amide bonds. The number of aromatic nitrogens is 3. The molecule has 0 saturated carbocycles. The number of carbonyl (C=O) groups excluding carboxylic acids is 1. The molecule has 4 heterocycles. The highest BCUT2D eigenvalue weighted by atomic mass is 16.8. The first kappa shape index (κ1) is 27.1. The second-order valence-electron chi connectivity index (χ2n) is 10.8. The fraction of sp³-hybridized carbons (Fsp3) is 0.312. The Hall–Kier alpha value is -4.74. The van der Waals surface area contributed by atoms with E-state index in [-0.39, 0.29) is 18.6 Å². The van der Waals surface area contributed by atoms with Crippen LogP contribution in [0.3, 0.4) is 0 Å². The zero-order valence-electron chi connectivity index (χ0n) is 23.7. The predicted molar refractivity (Wildman–Crippen MR) is 163 cm³/mol.